The highest BCUT2D eigenvalue weighted by Crippen LogP contribution is 2.23. The molecule has 2 aliphatic rings. The molecule has 0 saturated carbocycles. The van der Waals surface area contributed by atoms with Crippen LogP contribution >= 0.6 is 11.6 Å². The number of halogens is 1. The molecule has 2 atom stereocenters. The molecule has 0 spiro atoms. The minimum atomic E-state index is 0.0219. The molecule has 1 heterocycles. The van der Waals surface area contributed by atoms with Crippen molar-refractivity contribution in [2.45, 2.75) is 26.8 Å². The zero-order valence-corrected chi connectivity index (χ0v) is 11.1. The maximum atomic E-state index is 11.1. The van der Waals surface area contributed by atoms with Gasteiger partial charge in [0.25, 0.3) is 0 Å². The van der Waals surface area contributed by atoms with E-state index in [1.165, 1.54) is 6.38 Å². The average Bonchev–Trinajstić information content (AvgIpc) is 2.34. The number of nitrogens with one attached hydrogen (secondary N) is 1. The number of hydrogen-bond donors (Lipinski definition) is 1. The highest BCUT2D eigenvalue weighted by atomic mass is 35.5. The first kappa shape index (κ1) is 15.0. The second kappa shape index (κ2) is 8.17. The summed E-state index contributed by atoms with van der Waals surface area (Å²) < 4.78 is 0. The van der Waals surface area contributed by atoms with Crippen molar-refractivity contribution in [3.63, 3.8) is 0 Å². The molecule has 3 heteroatoms. The summed E-state index contributed by atoms with van der Waals surface area (Å²) in [7, 11) is 0. The zero-order valence-electron chi connectivity index (χ0n) is 10.3. The van der Waals surface area contributed by atoms with Crippen molar-refractivity contribution in [2.75, 3.05) is 6.38 Å². The predicted octanol–water partition coefficient (Wildman–Crippen LogP) is 3.05. The molecule has 2 nitrogen and oxygen atoms in total. The number of rotatable bonds is 0. The van der Waals surface area contributed by atoms with Crippen LogP contribution in [0.5, 0.6) is 0 Å². The molecule has 0 fully saturated rings. The quantitative estimate of drug-likeness (QED) is 0.649. The van der Waals surface area contributed by atoms with Gasteiger partial charge in [0.2, 0.25) is 5.91 Å². The molecule has 0 aromatic rings. The molecule has 1 aliphatic carbocycles. The lowest BCUT2D eigenvalue weighted by Gasteiger charge is -2.29. The fraction of sp³-hybridized carbons (Fsp3) is 0.462. The molecule has 1 aliphatic heterocycles. The van der Waals surface area contributed by atoms with Gasteiger partial charge in [-0.25, -0.2) is 0 Å². The highest BCUT2D eigenvalue weighted by Gasteiger charge is 2.25. The first-order chi connectivity index (χ1) is 7.77. The molecule has 2 unspecified atom stereocenters. The lowest BCUT2D eigenvalue weighted by atomic mass is 9.86. The lowest BCUT2D eigenvalue weighted by Crippen LogP contribution is -2.42. The van der Waals surface area contributed by atoms with Gasteiger partial charge in [-0.15, -0.1) is 11.6 Å². The largest absolute Gasteiger partial charge is 0.345 e. The van der Waals surface area contributed by atoms with Gasteiger partial charge in [0.15, 0.2) is 0 Å². The van der Waals surface area contributed by atoms with Crippen LogP contribution in [-0.2, 0) is 4.79 Å². The molecular weight excluding hydrogens is 222 g/mol. The van der Waals surface area contributed by atoms with Crippen LogP contribution in [0.3, 0.4) is 0 Å². The third kappa shape index (κ3) is 3.86. The van der Waals surface area contributed by atoms with Crippen LogP contribution in [0.25, 0.3) is 0 Å². The summed E-state index contributed by atoms with van der Waals surface area (Å²) in [5.74, 6) is 0.390. The summed E-state index contributed by atoms with van der Waals surface area (Å²) in [6, 6.07) is 0.174. The van der Waals surface area contributed by atoms with Crippen molar-refractivity contribution in [1.82, 2.24) is 5.32 Å². The molecule has 0 saturated heterocycles. The van der Waals surface area contributed by atoms with Gasteiger partial charge in [0, 0.05) is 18.4 Å². The van der Waals surface area contributed by atoms with E-state index in [0.717, 1.165) is 5.57 Å². The van der Waals surface area contributed by atoms with Crippen LogP contribution in [-0.4, -0.2) is 18.3 Å². The van der Waals surface area contributed by atoms with Gasteiger partial charge < -0.3 is 5.32 Å². The molecule has 1 N–H and O–H groups in total. The van der Waals surface area contributed by atoms with Crippen LogP contribution < -0.4 is 5.32 Å². The maximum absolute atomic E-state index is 11.1. The van der Waals surface area contributed by atoms with E-state index in [9.17, 15) is 4.79 Å². The fourth-order valence-corrected chi connectivity index (χ4v) is 1.69. The average molecular weight is 242 g/mol. The van der Waals surface area contributed by atoms with Crippen LogP contribution in [0.2, 0.25) is 0 Å². The van der Waals surface area contributed by atoms with Crippen molar-refractivity contribution in [1.29, 1.82) is 0 Å². The maximum Gasteiger partial charge on any atom is 0.244 e. The molecule has 16 heavy (non-hydrogen) atoms. The van der Waals surface area contributed by atoms with Crippen molar-refractivity contribution in [2.24, 2.45) is 5.92 Å². The van der Waals surface area contributed by atoms with E-state index in [1.807, 2.05) is 39.0 Å². The SMILES string of the molecule is CC.CC1=CC(=O)NC2C=CC=CC12.CCl. The molecule has 2 rings (SSSR count). The van der Waals surface area contributed by atoms with Gasteiger partial charge in [-0.2, -0.15) is 0 Å². The van der Waals surface area contributed by atoms with Crippen molar-refractivity contribution in [3.8, 4) is 0 Å². The van der Waals surface area contributed by atoms with Crippen LogP contribution in [0.15, 0.2) is 36.0 Å². The second-order valence-corrected chi connectivity index (χ2v) is 3.22. The van der Waals surface area contributed by atoms with Gasteiger partial charge in [-0.1, -0.05) is 43.7 Å². The van der Waals surface area contributed by atoms with E-state index in [4.69, 9.17) is 0 Å². The van der Waals surface area contributed by atoms with E-state index >= 15 is 0 Å². The van der Waals surface area contributed by atoms with E-state index < -0.39 is 0 Å². The molecule has 0 aromatic carbocycles. The summed E-state index contributed by atoms with van der Waals surface area (Å²) in [5, 5.41) is 2.90. The Labute approximate surface area is 103 Å². The first-order valence-electron chi connectivity index (χ1n) is 5.49. The van der Waals surface area contributed by atoms with Gasteiger partial charge in [0.1, 0.15) is 0 Å². The number of fused-ring (bicyclic) bond motifs is 1. The summed E-state index contributed by atoms with van der Waals surface area (Å²) in [5.41, 5.74) is 1.14. The topological polar surface area (TPSA) is 29.1 Å². The van der Waals surface area contributed by atoms with Crippen LogP contribution in [0.4, 0.5) is 0 Å². The molecule has 0 radical (unpaired) electrons. The summed E-state index contributed by atoms with van der Waals surface area (Å²) >= 11 is 4.64. The highest BCUT2D eigenvalue weighted by molar-refractivity contribution is 6.15. The smallest absolute Gasteiger partial charge is 0.244 e. The third-order valence-electron chi connectivity index (χ3n) is 2.33. The molecule has 1 amide bonds. The van der Waals surface area contributed by atoms with E-state index in [1.54, 1.807) is 6.08 Å². The van der Waals surface area contributed by atoms with E-state index in [0.29, 0.717) is 5.92 Å². The first-order valence-corrected chi connectivity index (χ1v) is 6.24. The fourth-order valence-electron chi connectivity index (χ4n) is 1.69. The summed E-state index contributed by atoms with van der Waals surface area (Å²) in [4.78, 5) is 11.1. The molecule has 90 valence electrons. The molecular formula is C13H20ClNO. The minimum Gasteiger partial charge on any atom is -0.345 e. The van der Waals surface area contributed by atoms with Crippen LogP contribution in [0, 0.1) is 5.92 Å². The van der Waals surface area contributed by atoms with Gasteiger partial charge in [-0.05, 0) is 6.92 Å². The van der Waals surface area contributed by atoms with E-state index in [2.05, 4.69) is 23.0 Å². The van der Waals surface area contributed by atoms with Gasteiger partial charge in [0.05, 0.1) is 6.04 Å². The normalized spacial score (nSPS) is 25.1. The monoisotopic (exact) mass is 241 g/mol. The Morgan fingerprint density at radius 3 is 2.38 bits per heavy atom. The Kier molecular flexibility index (Phi) is 7.65. The Morgan fingerprint density at radius 1 is 1.19 bits per heavy atom. The van der Waals surface area contributed by atoms with Gasteiger partial charge >= 0.3 is 0 Å². The Bertz CT molecular complexity index is 305. The number of alkyl halides is 1. The van der Waals surface area contributed by atoms with Crippen molar-refractivity contribution < 1.29 is 4.79 Å². The minimum absolute atomic E-state index is 0.0219. The Morgan fingerprint density at radius 2 is 1.75 bits per heavy atom. The summed E-state index contributed by atoms with van der Waals surface area (Å²) in [6.45, 7) is 6.00. The standard InChI is InChI=1S/C10H11NO.C2H6.CH3Cl/c1-7-6-10(12)11-9-5-3-2-4-8(7)9;2*1-2/h2-6,8-9H,1H3,(H,11,12);1-2H3;1H3. The lowest BCUT2D eigenvalue weighted by molar-refractivity contribution is -0.117. The summed E-state index contributed by atoms with van der Waals surface area (Å²) in [6.07, 6.45) is 11.3. The number of carbonyl (C=O) groups excluding carboxylic acids is 1. The number of carbonyl (C=O) groups is 1. The van der Waals surface area contributed by atoms with E-state index in [-0.39, 0.29) is 11.9 Å². The number of hydrogen-bond acceptors (Lipinski definition) is 1. The Balaban J connectivity index is 0.000000509. The second-order valence-electron chi connectivity index (χ2n) is 3.22. The zero-order chi connectivity index (χ0) is 12.6. The number of amides is 1. The number of allylic oxidation sites excluding steroid dienone is 2. The third-order valence-corrected chi connectivity index (χ3v) is 2.33. The Hall–Kier alpha value is -1.02. The molecule has 0 bridgehead atoms. The predicted molar refractivity (Wildman–Crippen MR) is 70.6 cm³/mol. The van der Waals surface area contributed by atoms with Crippen molar-refractivity contribution in [3.05, 3.63) is 36.0 Å². The van der Waals surface area contributed by atoms with Gasteiger partial charge in [-0.3, -0.25) is 4.79 Å². The van der Waals surface area contributed by atoms with Crippen LogP contribution in [0.1, 0.15) is 20.8 Å². The molecule has 0 aromatic heterocycles. The van der Waals surface area contributed by atoms with Crippen molar-refractivity contribution >= 4 is 17.5 Å².